The highest BCUT2D eigenvalue weighted by atomic mass is 35.5. The number of carbonyl (C=O) groups excluding carboxylic acids is 1. The number of anilines is 1. The minimum atomic E-state index is -1.12. The Hall–Kier alpha value is -1.98. The topological polar surface area (TPSA) is 82.2 Å². The van der Waals surface area contributed by atoms with E-state index >= 15 is 0 Å². The monoisotopic (exact) mass is 312 g/mol. The molecule has 2 aromatic rings. The third kappa shape index (κ3) is 2.95. The van der Waals surface area contributed by atoms with E-state index in [4.69, 9.17) is 28.3 Å². The third-order valence-electron chi connectivity index (χ3n) is 2.62. The van der Waals surface area contributed by atoms with Crippen molar-refractivity contribution in [1.29, 1.82) is 0 Å². The van der Waals surface area contributed by atoms with E-state index in [1.165, 1.54) is 18.2 Å². The maximum atomic E-state index is 12.0. The first-order valence-electron chi connectivity index (χ1n) is 5.58. The van der Waals surface area contributed by atoms with Gasteiger partial charge in [0.05, 0.1) is 16.3 Å². The Kier molecular flexibility index (Phi) is 4.01. The van der Waals surface area contributed by atoms with Gasteiger partial charge in [-0.1, -0.05) is 34.8 Å². The summed E-state index contributed by atoms with van der Waals surface area (Å²) in [5, 5.41) is 12.0. The Labute approximate surface area is 124 Å². The maximum absolute atomic E-state index is 12.0. The van der Waals surface area contributed by atoms with Gasteiger partial charge in [0, 0.05) is 0 Å². The Bertz CT molecular complexity index is 675. The van der Waals surface area contributed by atoms with Gasteiger partial charge in [-0.2, -0.15) is 0 Å². The van der Waals surface area contributed by atoms with Gasteiger partial charge in [-0.05, 0) is 25.1 Å². The summed E-state index contributed by atoms with van der Waals surface area (Å²) in [5.74, 6) is -1.64. The van der Waals surface area contributed by atoms with E-state index in [1.807, 2.05) is 0 Å². The predicted octanol–water partition coefficient (Wildman–Crippen LogP) is 3.58. The second-order valence-electron chi connectivity index (χ2n) is 4.15. The van der Waals surface area contributed by atoms with Crippen molar-refractivity contribution in [3.05, 3.63) is 51.3 Å². The zero-order valence-electron chi connectivity index (χ0n) is 10.3. The Morgan fingerprint density at radius 2 is 1.95 bits per heavy atom. The van der Waals surface area contributed by atoms with Crippen LogP contribution in [0.3, 0.4) is 0 Å². The first kappa shape index (κ1) is 14.4. The smallest absolute Gasteiger partial charge is 0.337 e. The highest BCUT2D eigenvalue weighted by molar-refractivity contribution is 6.41. The predicted molar refractivity (Wildman–Crippen MR) is 76.9 cm³/mol. The molecule has 1 amide bonds. The first-order chi connectivity index (χ1) is 9.38. The van der Waals surface area contributed by atoms with Crippen LogP contribution in [0.15, 0.2) is 24.3 Å². The second-order valence-corrected chi connectivity index (χ2v) is 4.94. The quantitative estimate of drug-likeness (QED) is 0.810. The summed E-state index contributed by atoms with van der Waals surface area (Å²) in [7, 11) is 0. The third-order valence-corrected chi connectivity index (χ3v) is 3.32. The van der Waals surface area contributed by atoms with Crippen LogP contribution in [0.4, 0.5) is 5.69 Å². The van der Waals surface area contributed by atoms with Gasteiger partial charge in [-0.25, -0.2) is 4.79 Å². The zero-order chi connectivity index (χ0) is 14.9. The molecule has 104 valence electrons. The lowest BCUT2D eigenvalue weighted by Gasteiger charge is -2.08. The van der Waals surface area contributed by atoms with Crippen LogP contribution in [0.5, 0.6) is 0 Å². The molecule has 0 atom stereocenters. The number of nitrogens with one attached hydrogen (secondary N) is 2. The number of H-pyrrole nitrogens is 1. The van der Waals surface area contributed by atoms with Crippen molar-refractivity contribution in [3.8, 4) is 0 Å². The van der Waals surface area contributed by atoms with Crippen LogP contribution in [0.25, 0.3) is 0 Å². The molecule has 7 heteroatoms. The van der Waals surface area contributed by atoms with Crippen molar-refractivity contribution in [3.63, 3.8) is 0 Å². The molecule has 0 aliphatic heterocycles. The van der Waals surface area contributed by atoms with Crippen molar-refractivity contribution in [1.82, 2.24) is 4.98 Å². The number of carbonyl (C=O) groups is 2. The number of carboxylic acids is 1. The number of aromatic carboxylic acids is 1. The van der Waals surface area contributed by atoms with Crippen molar-refractivity contribution in [2.24, 2.45) is 0 Å². The molecule has 0 unspecified atom stereocenters. The van der Waals surface area contributed by atoms with Gasteiger partial charge in [-0.3, -0.25) is 4.79 Å². The van der Waals surface area contributed by atoms with Crippen molar-refractivity contribution >= 4 is 40.8 Å². The van der Waals surface area contributed by atoms with E-state index in [0.717, 1.165) is 5.56 Å². The van der Waals surface area contributed by atoms with Gasteiger partial charge < -0.3 is 15.4 Å². The van der Waals surface area contributed by atoms with Gasteiger partial charge >= 0.3 is 5.97 Å². The number of amides is 1. The second kappa shape index (κ2) is 5.56. The number of hydrogen-bond acceptors (Lipinski definition) is 2. The normalized spacial score (nSPS) is 10.3. The maximum Gasteiger partial charge on any atom is 0.337 e. The molecule has 0 saturated heterocycles. The molecule has 1 heterocycles. The van der Waals surface area contributed by atoms with Crippen LogP contribution in [0.2, 0.25) is 10.2 Å². The minimum absolute atomic E-state index is 0.0158. The summed E-state index contributed by atoms with van der Waals surface area (Å²) >= 11 is 11.5. The number of rotatable bonds is 3. The summed E-state index contributed by atoms with van der Waals surface area (Å²) < 4.78 is 0. The van der Waals surface area contributed by atoms with Crippen LogP contribution in [0.1, 0.15) is 26.4 Å². The molecule has 1 aromatic carbocycles. The van der Waals surface area contributed by atoms with Crippen LogP contribution in [-0.2, 0) is 0 Å². The lowest BCUT2D eigenvalue weighted by Crippen LogP contribution is -2.15. The van der Waals surface area contributed by atoms with Gasteiger partial charge in [0.1, 0.15) is 10.8 Å². The molecular formula is C13H10Cl2N2O3. The molecule has 3 N–H and O–H groups in total. The van der Waals surface area contributed by atoms with Crippen LogP contribution >= 0.6 is 23.2 Å². The molecule has 20 heavy (non-hydrogen) atoms. The van der Waals surface area contributed by atoms with Crippen molar-refractivity contribution in [2.45, 2.75) is 6.92 Å². The molecule has 0 aliphatic carbocycles. The van der Waals surface area contributed by atoms with Crippen LogP contribution < -0.4 is 5.32 Å². The van der Waals surface area contributed by atoms with Crippen LogP contribution in [0, 0.1) is 6.92 Å². The minimum Gasteiger partial charge on any atom is -0.478 e. The molecule has 1 aromatic heterocycles. The Balaban J connectivity index is 2.30. The SMILES string of the molecule is Cc1ccc(NC(=O)c2cc(Cl)c(Cl)[nH]2)c(C(=O)O)c1. The molecule has 5 nitrogen and oxygen atoms in total. The lowest BCUT2D eigenvalue weighted by atomic mass is 10.1. The summed E-state index contributed by atoms with van der Waals surface area (Å²) in [6.45, 7) is 1.77. The number of aromatic amines is 1. The summed E-state index contributed by atoms with van der Waals surface area (Å²) in [6.07, 6.45) is 0. The van der Waals surface area contributed by atoms with Gasteiger partial charge in [0.2, 0.25) is 0 Å². The molecule has 0 fully saturated rings. The van der Waals surface area contributed by atoms with E-state index in [0.29, 0.717) is 0 Å². The zero-order valence-corrected chi connectivity index (χ0v) is 11.8. The number of carboxylic acid groups (broad SMARTS) is 1. The van der Waals surface area contributed by atoms with Crippen LogP contribution in [-0.4, -0.2) is 22.0 Å². The molecule has 0 aliphatic rings. The molecule has 2 rings (SSSR count). The fourth-order valence-corrected chi connectivity index (χ4v) is 1.97. The number of aryl methyl sites for hydroxylation is 1. The van der Waals surface area contributed by atoms with Gasteiger partial charge in [0.25, 0.3) is 5.91 Å². The average Bonchev–Trinajstić information content (AvgIpc) is 2.71. The van der Waals surface area contributed by atoms with Gasteiger partial charge in [-0.15, -0.1) is 0 Å². The molecule has 0 saturated carbocycles. The Morgan fingerprint density at radius 1 is 1.25 bits per heavy atom. The average molecular weight is 313 g/mol. The van der Waals surface area contributed by atoms with E-state index in [9.17, 15) is 9.59 Å². The molecule has 0 spiro atoms. The molecular weight excluding hydrogens is 303 g/mol. The largest absolute Gasteiger partial charge is 0.478 e. The summed E-state index contributed by atoms with van der Waals surface area (Å²) in [6, 6.07) is 6.08. The molecule has 0 radical (unpaired) electrons. The highest BCUT2D eigenvalue weighted by Crippen LogP contribution is 2.23. The van der Waals surface area contributed by atoms with E-state index in [2.05, 4.69) is 10.3 Å². The van der Waals surface area contributed by atoms with Crippen molar-refractivity contribution in [2.75, 3.05) is 5.32 Å². The standard InChI is InChI=1S/C13H10Cl2N2O3/c1-6-2-3-9(7(4-6)13(19)20)17-12(18)10-5-8(14)11(15)16-10/h2-5,16H,1H3,(H,17,18)(H,19,20). The van der Waals surface area contributed by atoms with E-state index in [1.54, 1.807) is 13.0 Å². The van der Waals surface area contributed by atoms with Crippen molar-refractivity contribution < 1.29 is 14.7 Å². The number of hydrogen-bond donors (Lipinski definition) is 3. The first-order valence-corrected chi connectivity index (χ1v) is 6.33. The Morgan fingerprint density at radius 3 is 2.50 bits per heavy atom. The summed E-state index contributed by atoms with van der Waals surface area (Å²) in [5.41, 5.74) is 1.15. The van der Waals surface area contributed by atoms with E-state index in [-0.39, 0.29) is 27.1 Å². The van der Waals surface area contributed by atoms with Gasteiger partial charge in [0.15, 0.2) is 0 Å². The lowest BCUT2D eigenvalue weighted by molar-refractivity contribution is 0.0698. The number of benzene rings is 1. The molecule has 0 bridgehead atoms. The number of halogens is 2. The summed E-state index contributed by atoms with van der Waals surface area (Å²) in [4.78, 5) is 25.7. The fraction of sp³-hybridized carbons (Fsp3) is 0.0769. The fourth-order valence-electron chi connectivity index (χ4n) is 1.66. The van der Waals surface area contributed by atoms with E-state index < -0.39 is 11.9 Å². The number of aromatic nitrogens is 1. The highest BCUT2D eigenvalue weighted by Gasteiger charge is 2.16.